The molecule has 11 heteroatoms. The van der Waals surface area contributed by atoms with Crippen molar-refractivity contribution in [3.63, 3.8) is 0 Å². The van der Waals surface area contributed by atoms with Gasteiger partial charge >= 0.3 is 0 Å². The molecule has 0 amide bonds. The molecule has 0 spiro atoms. The number of hydrogen-bond acceptors (Lipinski definition) is 11. The Kier molecular flexibility index (Phi) is 37.2. The molecule has 0 aromatic rings. The molecule has 1 atom stereocenters. The van der Waals surface area contributed by atoms with Gasteiger partial charge in [-0.2, -0.15) is 0 Å². The standard InChI is InChI=1S/C30H62O11/c1-2-3-4-5-6-7-8-9-10-30(32)29-41-28-27-40-26-25-39-24-23-38-22-21-37-20-19-36-18-17-35-16-15-34-14-13-33-12-11-31/h30-32H,2-29H2,1H3. The van der Waals surface area contributed by atoms with Crippen molar-refractivity contribution in [1.82, 2.24) is 0 Å². The third-order valence-corrected chi connectivity index (χ3v) is 5.91. The van der Waals surface area contributed by atoms with Gasteiger partial charge in [0.05, 0.1) is 132 Å². The van der Waals surface area contributed by atoms with Crippen LogP contribution in [0.1, 0.15) is 64.7 Å². The second-order valence-corrected chi connectivity index (χ2v) is 9.61. The largest absolute Gasteiger partial charge is 0.394 e. The molecule has 0 radical (unpaired) electrons. The van der Waals surface area contributed by atoms with E-state index in [-0.39, 0.29) is 12.7 Å². The van der Waals surface area contributed by atoms with Crippen LogP contribution >= 0.6 is 0 Å². The fourth-order valence-electron chi connectivity index (χ4n) is 3.64. The van der Waals surface area contributed by atoms with Crippen molar-refractivity contribution >= 4 is 0 Å². The van der Waals surface area contributed by atoms with Crippen LogP contribution in [0, 0.1) is 0 Å². The molecular formula is C30H62O11. The van der Waals surface area contributed by atoms with Crippen molar-refractivity contribution in [2.24, 2.45) is 0 Å². The fourth-order valence-corrected chi connectivity index (χ4v) is 3.64. The van der Waals surface area contributed by atoms with Gasteiger partial charge in [0.2, 0.25) is 0 Å². The van der Waals surface area contributed by atoms with E-state index in [1.54, 1.807) is 0 Å². The van der Waals surface area contributed by atoms with E-state index in [0.717, 1.165) is 12.8 Å². The van der Waals surface area contributed by atoms with Gasteiger partial charge in [-0.15, -0.1) is 0 Å². The van der Waals surface area contributed by atoms with E-state index in [1.165, 1.54) is 44.9 Å². The molecule has 0 heterocycles. The van der Waals surface area contributed by atoms with Crippen molar-refractivity contribution in [1.29, 1.82) is 0 Å². The quantitative estimate of drug-likeness (QED) is 0.103. The van der Waals surface area contributed by atoms with Gasteiger partial charge in [-0.3, -0.25) is 0 Å². The van der Waals surface area contributed by atoms with Crippen molar-refractivity contribution in [2.45, 2.75) is 70.8 Å². The third-order valence-electron chi connectivity index (χ3n) is 5.91. The maximum Gasteiger partial charge on any atom is 0.0773 e. The van der Waals surface area contributed by atoms with Crippen LogP contribution < -0.4 is 0 Å². The summed E-state index contributed by atoms with van der Waals surface area (Å²) in [6, 6.07) is 0. The van der Waals surface area contributed by atoms with Gasteiger partial charge in [0.25, 0.3) is 0 Å². The number of ether oxygens (including phenoxy) is 9. The zero-order valence-corrected chi connectivity index (χ0v) is 25.9. The third kappa shape index (κ3) is 37.5. The maximum absolute atomic E-state index is 9.99. The highest BCUT2D eigenvalue weighted by Crippen LogP contribution is 2.10. The maximum atomic E-state index is 9.99. The molecule has 2 N–H and O–H groups in total. The van der Waals surface area contributed by atoms with E-state index in [4.69, 9.17) is 47.7 Å². The van der Waals surface area contributed by atoms with Gasteiger partial charge in [-0.05, 0) is 6.42 Å². The van der Waals surface area contributed by atoms with E-state index in [1.807, 2.05) is 0 Å². The van der Waals surface area contributed by atoms with Gasteiger partial charge in [0, 0.05) is 0 Å². The summed E-state index contributed by atoms with van der Waals surface area (Å²) >= 11 is 0. The Morgan fingerprint density at radius 1 is 0.390 bits per heavy atom. The Morgan fingerprint density at radius 3 is 1.02 bits per heavy atom. The summed E-state index contributed by atoms with van der Waals surface area (Å²) in [5.74, 6) is 0. The topological polar surface area (TPSA) is 124 Å². The Labute approximate surface area is 249 Å². The number of aliphatic hydroxyl groups excluding tert-OH is 2. The molecular weight excluding hydrogens is 536 g/mol. The summed E-state index contributed by atoms with van der Waals surface area (Å²) in [5, 5.41) is 18.6. The highest BCUT2D eigenvalue weighted by Gasteiger charge is 2.04. The van der Waals surface area contributed by atoms with Crippen LogP contribution in [0.5, 0.6) is 0 Å². The second-order valence-electron chi connectivity index (χ2n) is 9.61. The van der Waals surface area contributed by atoms with Crippen molar-refractivity contribution < 1.29 is 52.8 Å². The van der Waals surface area contributed by atoms with Gasteiger partial charge < -0.3 is 52.8 Å². The zero-order chi connectivity index (χ0) is 29.7. The van der Waals surface area contributed by atoms with Crippen molar-refractivity contribution in [3.05, 3.63) is 0 Å². The monoisotopic (exact) mass is 598 g/mol. The SMILES string of the molecule is CCCCCCCCCCC(O)COCCOCCOCCOCCOCCOCCOCCOCCOCCO. The normalized spacial score (nSPS) is 12.4. The van der Waals surface area contributed by atoms with Gasteiger partial charge in [0.1, 0.15) is 0 Å². The molecule has 0 aliphatic rings. The predicted octanol–water partition coefficient (Wildman–Crippen LogP) is 3.02. The van der Waals surface area contributed by atoms with Crippen molar-refractivity contribution in [3.8, 4) is 0 Å². The lowest BCUT2D eigenvalue weighted by Gasteiger charge is -2.11. The number of rotatable bonds is 37. The zero-order valence-electron chi connectivity index (χ0n) is 25.9. The lowest BCUT2D eigenvalue weighted by atomic mass is 10.1. The summed E-state index contributed by atoms with van der Waals surface area (Å²) in [4.78, 5) is 0. The average Bonchev–Trinajstić information content (AvgIpc) is 2.98. The first-order valence-electron chi connectivity index (χ1n) is 15.8. The van der Waals surface area contributed by atoms with Crippen LogP contribution in [0.25, 0.3) is 0 Å². The molecule has 0 bridgehead atoms. The van der Waals surface area contributed by atoms with Crippen LogP contribution in [0.3, 0.4) is 0 Å². The molecule has 0 fully saturated rings. The van der Waals surface area contributed by atoms with Crippen LogP contribution in [-0.2, 0) is 42.6 Å². The first-order chi connectivity index (χ1) is 20.3. The van der Waals surface area contributed by atoms with E-state index >= 15 is 0 Å². The Morgan fingerprint density at radius 2 is 0.683 bits per heavy atom. The Hall–Kier alpha value is -0.440. The molecule has 248 valence electrons. The highest BCUT2D eigenvalue weighted by molar-refractivity contribution is 4.55. The van der Waals surface area contributed by atoms with E-state index in [9.17, 15) is 5.11 Å². The van der Waals surface area contributed by atoms with Gasteiger partial charge in [0.15, 0.2) is 0 Å². The minimum atomic E-state index is -0.380. The summed E-state index contributed by atoms with van der Waals surface area (Å²) in [5.41, 5.74) is 0. The first-order valence-corrected chi connectivity index (χ1v) is 15.8. The fraction of sp³-hybridized carbons (Fsp3) is 1.00. The minimum Gasteiger partial charge on any atom is -0.394 e. The minimum absolute atomic E-state index is 0.0277. The lowest BCUT2D eigenvalue weighted by Crippen LogP contribution is -2.18. The molecule has 41 heavy (non-hydrogen) atoms. The first kappa shape index (κ1) is 40.6. The van der Waals surface area contributed by atoms with Gasteiger partial charge in [-0.1, -0.05) is 58.3 Å². The van der Waals surface area contributed by atoms with Crippen LogP contribution in [0.2, 0.25) is 0 Å². The van der Waals surface area contributed by atoms with E-state index in [2.05, 4.69) is 6.92 Å². The summed E-state index contributed by atoms with van der Waals surface area (Å²) in [6.07, 6.45) is 10.6. The predicted molar refractivity (Wildman–Crippen MR) is 158 cm³/mol. The molecule has 0 aliphatic heterocycles. The number of aliphatic hydroxyl groups is 2. The second kappa shape index (κ2) is 37.6. The van der Waals surface area contributed by atoms with Crippen LogP contribution in [0.15, 0.2) is 0 Å². The summed E-state index contributed by atoms with van der Waals surface area (Å²) < 4.78 is 48.6. The average molecular weight is 599 g/mol. The van der Waals surface area contributed by atoms with Crippen LogP contribution in [0.4, 0.5) is 0 Å². The summed E-state index contributed by atoms with van der Waals surface area (Å²) in [7, 11) is 0. The summed E-state index contributed by atoms with van der Waals surface area (Å²) in [6.45, 7) is 11.0. The molecule has 1 unspecified atom stereocenters. The Bertz CT molecular complexity index is 460. The molecule has 0 rings (SSSR count). The van der Waals surface area contributed by atoms with E-state index in [0.29, 0.717) is 119 Å². The molecule has 11 nitrogen and oxygen atoms in total. The molecule has 0 saturated heterocycles. The van der Waals surface area contributed by atoms with E-state index < -0.39 is 0 Å². The smallest absolute Gasteiger partial charge is 0.0773 e. The molecule has 0 saturated carbocycles. The Balaban J connectivity index is 3.10. The van der Waals surface area contributed by atoms with Gasteiger partial charge in [-0.25, -0.2) is 0 Å². The molecule has 0 aromatic carbocycles. The molecule has 0 aromatic heterocycles. The molecule has 0 aliphatic carbocycles. The van der Waals surface area contributed by atoms with Crippen LogP contribution in [-0.4, -0.2) is 142 Å². The van der Waals surface area contributed by atoms with Crippen molar-refractivity contribution in [2.75, 3.05) is 126 Å². The number of hydrogen-bond donors (Lipinski definition) is 2. The highest BCUT2D eigenvalue weighted by atomic mass is 16.6. The number of unbranched alkanes of at least 4 members (excludes halogenated alkanes) is 7. The lowest BCUT2D eigenvalue weighted by molar-refractivity contribution is -0.0286.